The minimum absolute atomic E-state index is 0.126. The van der Waals surface area contributed by atoms with Crippen molar-refractivity contribution in [1.82, 2.24) is 0 Å². The summed E-state index contributed by atoms with van der Waals surface area (Å²) in [7, 11) is 1.38. The van der Waals surface area contributed by atoms with Crippen LogP contribution in [0.1, 0.15) is 42.0 Å². The Kier molecular flexibility index (Phi) is 5.40. The third kappa shape index (κ3) is 3.72. The molecule has 1 aromatic carbocycles. The molecule has 0 amide bonds. The number of benzene rings is 1. The molecule has 0 N–H and O–H groups in total. The van der Waals surface area contributed by atoms with Gasteiger partial charge >= 0.3 is 5.97 Å². The van der Waals surface area contributed by atoms with Crippen molar-refractivity contribution in [3.05, 3.63) is 46.5 Å². The van der Waals surface area contributed by atoms with E-state index in [1.165, 1.54) is 18.2 Å². The number of hydrogen-bond donors (Lipinski definition) is 0. The second kappa shape index (κ2) is 7.12. The highest BCUT2D eigenvalue weighted by Crippen LogP contribution is 2.37. The zero-order valence-electron chi connectivity index (χ0n) is 14.6. The number of esters is 1. The molecule has 0 heterocycles. The van der Waals surface area contributed by atoms with Crippen LogP contribution in [0.2, 0.25) is 0 Å². The van der Waals surface area contributed by atoms with Gasteiger partial charge in [-0.1, -0.05) is 36.8 Å². The van der Waals surface area contributed by atoms with Crippen molar-refractivity contribution < 1.29 is 14.3 Å². The Morgan fingerprint density at radius 3 is 2.48 bits per heavy atom. The van der Waals surface area contributed by atoms with Crippen molar-refractivity contribution in [3.63, 3.8) is 0 Å². The molecule has 0 aromatic heterocycles. The first-order valence-corrected chi connectivity index (χ1v) is 8.23. The van der Waals surface area contributed by atoms with Gasteiger partial charge in [0.1, 0.15) is 5.78 Å². The molecule has 2 rings (SSSR count). The number of ketones is 1. The molecule has 2 atom stereocenters. The molecule has 1 saturated carbocycles. The van der Waals surface area contributed by atoms with Crippen LogP contribution in [0.4, 0.5) is 0 Å². The molecule has 1 aromatic rings. The molecule has 0 spiro atoms. The molecule has 0 radical (unpaired) electrons. The van der Waals surface area contributed by atoms with Gasteiger partial charge in [0.15, 0.2) is 0 Å². The van der Waals surface area contributed by atoms with E-state index in [1.807, 2.05) is 0 Å². The van der Waals surface area contributed by atoms with Gasteiger partial charge in [-0.2, -0.15) is 0 Å². The summed E-state index contributed by atoms with van der Waals surface area (Å²) in [5.41, 5.74) is 5.68. The van der Waals surface area contributed by atoms with Crippen LogP contribution in [0, 0.1) is 25.7 Å². The van der Waals surface area contributed by atoms with Gasteiger partial charge < -0.3 is 4.74 Å². The highest BCUT2D eigenvalue weighted by atomic mass is 16.5. The fourth-order valence-corrected chi connectivity index (χ4v) is 3.69. The van der Waals surface area contributed by atoms with Gasteiger partial charge in [-0.15, -0.1) is 0 Å². The van der Waals surface area contributed by atoms with E-state index in [2.05, 4.69) is 39.5 Å². The summed E-state index contributed by atoms with van der Waals surface area (Å²) in [5, 5.41) is 0. The van der Waals surface area contributed by atoms with Crippen LogP contribution in [0.15, 0.2) is 24.3 Å². The van der Waals surface area contributed by atoms with Crippen molar-refractivity contribution in [1.29, 1.82) is 0 Å². The maximum Gasteiger partial charge on any atom is 0.309 e. The Hall–Kier alpha value is -1.90. The number of Topliss-reactive ketones (excluding diaryl/α,β-unsaturated/α-hetero) is 1. The van der Waals surface area contributed by atoms with Crippen LogP contribution in [0.25, 0.3) is 0 Å². The normalized spacial score (nSPS) is 20.6. The highest BCUT2D eigenvalue weighted by Gasteiger charge is 2.40. The molecule has 0 bridgehead atoms. The van der Waals surface area contributed by atoms with Crippen LogP contribution in [0.3, 0.4) is 0 Å². The van der Waals surface area contributed by atoms with Gasteiger partial charge in [0.25, 0.3) is 0 Å². The van der Waals surface area contributed by atoms with Crippen LogP contribution < -0.4 is 0 Å². The first kappa shape index (κ1) is 17.5. The molecular formula is C20H26O3. The molecule has 23 heavy (non-hydrogen) atoms. The van der Waals surface area contributed by atoms with Gasteiger partial charge in [-0.25, -0.2) is 0 Å². The smallest absolute Gasteiger partial charge is 0.309 e. The summed E-state index contributed by atoms with van der Waals surface area (Å²) in [6, 6.07) is 4.27. The second-order valence-corrected chi connectivity index (χ2v) is 6.61. The quantitative estimate of drug-likeness (QED) is 0.614. The van der Waals surface area contributed by atoms with Crippen molar-refractivity contribution in [2.75, 3.05) is 7.11 Å². The van der Waals surface area contributed by atoms with Gasteiger partial charge in [-0.05, 0) is 49.8 Å². The standard InChI is InChI=1S/C20H26O3/c1-6-15-8-12(2)7-14(4)16(15)11-19(21)17-9-13(3)10-18(17)20(22)23-5/h7-8,17-18H,3,6,9-11H2,1-2,4-5H3/t17-,18-/m1/s1. The highest BCUT2D eigenvalue weighted by molar-refractivity contribution is 5.90. The maximum atomic E-state index is 12.8. The number of carbonyl (C=O) groups excluding carboxylic acids is 2. The average molecular weight is 314 g/mol. The molecule has 1 aliphatic rings. The largest absolute Gasteiger partial charge is 0.469 e. The lowest BCUT2D eigenvalue weighted by atomic mass is 9.86. The maximum absolute atomic E-state index is 12.8. The number of rotatable bonds is 5. The van der Waals surface area contributed by atoms with Crippen LogP contribution in [0.5, 0.6) is 0 Å². The first-order valence-electron chi connectivity index (χ1n) is 8.23. The predicted octanol–water partition coefficient (Wildman–Crippen LogP) is 3.73. The lowest BCUT2D eigenvalue weighted by Gasteiger charge is -2.18. The van der Waals surface area contributed by atoms with E-state index in [-0.39, 0.29) is 23.6 Å². The van der Waals surface area contributed by atoms with E-state index in [9.17, 15) is 9.59 Å². The van der Waals surface area contributed by atoms with Crippen molar-refractivity contribution in [3.8, 4) is 0 Å². The third-order valence-corrected chi connectivity index (χ3v) is 4.86. The molecule has 1 aliphatic carbocycles. The summed E-state index contributed by atoms with van der Waals surface area (Å²) >= 11 is 0. The molecule has 1 fully saturated rings. The van der Waals surface area contributed by atoms with Crippen LogP contribution in [-0.4, -0.2) is 18.9 Å². The summed E-state index contributed by atoms with van der Waals surface area (Å²) in [6.07, 6.45) is 2.46. The fraction of sp³-hybridized carbons (Fsp3) is 0.500. The Morgan fingerprint density at radius 1 is 1.22 bits per heavy atom. The Balaban J connectivity index is 2.25. The summed E-state index contributed by atoms with van der Waals surface area (Å²) in [6.45, 7) is 10.2. The fourth-order valence-electron chi connectivity index (χ4n) is 3.69. The lowest BCUT2D eigenvalue weighted by Crippen LogP contribution is -2.28. The molecule has 3 heteroatoms. The van der Waals surface area contributed by atoms with E-state index >= 15 is 0 Å². The number of ether oxygens (including phenoxy) is 1. The third-order valence-electron chi connectivity index (χ3n) is 4.86. The minimum atomic E-state index is -0.365. The molecule has 0 saturated heterocycles. The Labute approximate surface area is 138 Å². The van der Waals surface area contributed by atoms with Crippen molar-refractivity contribution in [2.45, 2.75) is 46.5 Å². The number of hydrogen-bond acceptors (Lipinski definition) is 3. The number of allylic oxidation sites excluding steroid dienone is 1. The number of carbonyl (C=O) groups is 2. The average Bonchev–Trinajstić information content (AvgIpc) is 2.90. The van der Waals surface area contributed by atoms with Gasteiger partial charge in [0.2, 0.25) is 0 Å². The van der Waals surface area contributed by atoms with Crippen molar-refractivity contribution >= 4 is 11.8 Å². The molecule has 0 aliphatic heterocycles. The zero-order chi connectivity index (χ0) is 17.1. The molecule has 124 valence electrons. The topological polar surface area (TPSA) is 43.4 Å². The van der Waals surface area contributed by atoms with Crippen LogP contribution >= 0.6 is 0 Å². The molecular weight excluding hydrogens is 288 g/mol. The minimum Gasteiger partial charge on any atom is -0.469 e. The van der Waals surface area contributed by atoms with Crippen LogP contribution in [-0.2, 0) is 27.2 Å². The molecule has 0 unspecified atom stereocenters. The monoisotopic (exact) mass is 314 g/mol. The SMILES string of the molecule is C=C1C[C@@H](C(=O)Cc2c(C)cc(C)cc2CC)[C@H](C(=O)OC)C1. The number of methoxy groups -OCH3 is 1. The van der Waals surface area contributed by atoms with Gasteiger partial charge in [0, 0.05) is 12.3 Å². The van der Waals surface area contributed by atoms with E-state index in [4.69, 9.17) is 4.74 Å². The zero-order valence-corrected chi connectivity index (χ0v) is 14.6. The van der Waals surface area contributed by atoms with E-state index in [1.54, 1.807) is 0 Å². The van der Waals surface area contributed by atoms with E-state index in [0.717, 1.165) is 23.1 Å². The predicted molar refractivity (Wildman–Crippen MR) is 91.4 cm³/mol. The lowest BCUT2D eigenvalue weighted by molar-refractivity contribution is -0.148. The van der Waals surface area contributed by atoms with E-state index < -0.39 is 0 Å². The first-order chi connectivity index (χ1) is 10.9. The summed E-state index contributed by atoms with van der Waals surface area (Å²) in [5.74, 6) is -0.824. The van der Waals surface area contributed by atoms with Gasteiger partial charge in [-0.3, -0.25) is 9.59 Å². The number of aryl methyl sites for hydroxylation is 3. The Bertz CT molecular complexity index is 643. The van der Waals surface area contributed by atoms with E-state index in [0.29, 0.717) is 19.3 Å². The van der Waals surface area contributed by atoms with Gasteiger partial charge in [0.05, 0.1) is 13.0 Å². The second-order valence-electron chi connectivity index (χ2n) is 6.61. The van der Waals surface area contributed by atoms with Crippen molar-refractivity contribution in [2.24, 2.45) is 11.8 Å². The summed E-state index contributed by atoms with van der Waals surface area (Å²) < 4.78 is 4.87. The molecule has 3 nitrogen and oxygen atoms in total. The Morgan fingerprint density at radius 2 is 1.87 bits per heavy atom. The summed E-state index contributed by atoms with van der Waals surface area (Å²) in [4.78, 5) is 24.8.